The number of rotatable bonds is 7. The van der Waals surface area contributed by atoms with Crippen molar-refractivity contribution in [2.75, 3.05) is 12.4 Å². The van der Waals surface area contributed by atoms with E-state index in [2.05, 4.69) is 4.98 Å². The SMILES string of the molecule is Cc1cccc(OC[C@H](O)CSc2nc3ccccc3c(=O)n2C(C)C)c1. The second-order valence-corrected chi connectivity index (χ2v) is 7.76. The number of aliphatic hydroxyl groups is 1. The van der Waals surface area contributed by atoms with Crippen LogP contribution in [0.5, 0.6) is 5.75 Å². The summed E-state index contributed by atoms with van der Waals surface area (Å²) in [5.74, 6) is 1.13. The first-order chi connectivity index (χ1) is 13.0. The minimum atomic E-state index is -0.667. The molecule has 6 heteroatoms. The van der Waals surface area contributed by atoms with Gasteiger partial charge in [0.2, 0.25) is 0 Å². The molecule has 1 heterocycles. The highest BCUT2D eigenvalue weighted by Gasteiger charge is 2.15. The third-order valence-corrected chi connectivity index (χ3v) is 5.23. The molecule has 142 valence electrons. The lowest BCUT2D eigenvalue weighted by molar-refractivity contribution is 0.126. The molecule has 3 aromatic rings. The number of aromatic nitrogens is 2. The number of thioether (sulfide) groups is 1. The molecular formula is C21H24N2O3S. The van der Waals surface area contributed by atoms with Gasteiger partial charge in [-0.1, -0.05) is 36.0 Å². The first-order valence-corrected chi connectivity index (χ1v) is 9.96. The summed E-state index contributed by atoms with van der Waals surface area (Å²) in [6, 6.07) is 15.0. The van der Waals surface area contributed by atoms with Crippen LogP contribution in [0.2, 0.25) is 0 Å². The van der Waals surface area contributed by atoms with E-state index in [0.29, 0.717) is 21.8 Å². The third kappa shape index (κ3) is 4.70. The zero-order valence-corrected chi connectivity index (χ0v) is 16.6. The maximum Gasteiger partial charge on any atom is 0.262 e. The molecule has 27 heavy (non-hydrogen) atoms. The van der Waals surface area contributed by atoms with E-state index in [1.165, 1.54) is 11.8 Å². The van der Waals surface area contributed by atoms with Gasteiger partial charge in [0.05, 0.1) is 17.0 Å². The Morgan fingerprint density at radius 1 is 1.19 bits per heavy atom. The smallest absolute Gasteiger partial charge is 0.262 e. The van der Waals surface area contributed by atoms with E-state index in [0.717, 1.165) is 11.3 Å². The van der Waals surface area contributed by atoms with Crippen molar-refractivity contribution >= 4 is 22.7 Å². The molecule has 0 aliphatic carbocycles. The molecule has 0 saturated carbocycles. The Morgan fingerprint density at radius 3 is 2.70 bits per heavy atom. The Kier molecular flexibility index (Phi) is 6.19. The van der Waals surface area contributed by atoms with Crippen LogP contribution < -0.4 is 10.3 Å². The molecule has 0 fully saturated rings. The lowest BCUT2D eigenvalue weighted by atomic mass is 10.2. The highest BCUT2D eigenvalue weighted by atomic mass is 32.2. The number of fused-ring (bicyclic) bond motifs is 1. The molecule has 0 spiro atoms. The Bertz CT molecular complexity index is 985. The largest absolute Gasteiger partial charge is 0.491 e. The van der Waals surface area contributed by atoms with Gasteiger partial charge >= 0.3 is 0 Å². The zero-order chi connectivity index (χ0) is 19.4. The van der Waals surface area contributed by atoms with Gasteiger partial charge in [0.15, 0.2) is 5.16 Å². The van der Waals surface area contributed by atoms with Gasteiger partial charge in [0, 0.05) is 11.8 Å². The number of hydrogen-bond donors (Lipinski definition) is 1. The molecule has 1 N–H and O–H groups in total. The van der Waals surface area contributed by atoms with Gasteiger partial charge in [0.1, 0.15) is 12.4 Å². The van der Waals surface area contributed by atoms with Gasteiger partial charge in [-0.25, -0.2) is 4.98 Å². The van der Waals surface area contributed by atoms with Gasteiger partial charge in [-0.3, -0.25) is 9.36 Å². The minimum Gasteiger partial charge on any atom is -0.491 e. The third-order valence-electron chi connectivity index (χ3n) is 4.13. The zero-order valence-electron chi connectivity index (χ0n) is 15.8. The summed E-state index contributed by atoms with van der Waals surface area (Å²) in [7, 11) is 0. The molecule has 1 aromatic heterocycles. The highest BCUT2D eigenvalue weighted by Crippen LogP contribution is 2.22. The summed E-state index contributed by atoms with van der Waals surface area (Å²) in [5, 5.41) is 11.5. The molecule has 2 aromatic carbocycles. The molecule has 0 bridgehead atoms. The van der Waals surface area contributed by atoms with Crippen molar-refractivity contribution in [3.05, 3.63) is 64.4 Å². The summed E-state index contributed by atoms with van der Waals surface area (Å²) < 4.78 is 7.34. The topological polar surface area (TPSA) is 64.3 Å². The van der Waals surface area contributed by atoms with Crippen molar-refractivity contribution in [3.63, 3.8) is 0 Å². The lowest BCUT2D eigenvalue weighted by Gasteiger charge is -2.17. The number of ether oxygens (including phenoxy) is 1. The van der Waals surface area contributed by atoms with Crippen molar-refractivity contribution in [1.29, 1.82) is 0 Å². The van der Waals surface area contributed by atoms with E-state index in [4.69, 9.17) is 4.74 Å². The summed E-state index contributed by atoms with van der Waals surface area (Å²) >= 11 is 1.37. The van der Waals surface area contributed by atoms with Gasteiger partial charge < -0.3 is 9.84 Å². The summed E-state index contributed by atoms with van der Waals surface area (Å²) in [4.78, 5) is 17.4. The van der Waals surface area contributed by atoms with Crippen LogP contribution in [-0.2, 0) is 0 Å². The maximum atomic E-state index is 12.8. The van der Waals surface area contributed by atoms with E-state index in [1.807, 2.05) is 63.2 Å². The number of benzene rings is 2. The van der Waals surface area contributed by atoms with E-state index in [9.17, 15) is 9.90 Å². The number of hydrogen-bond acceptors (Lipinski definition) is 5. The fourth-order valence-electron chi connectivity index (χ4n) is 2.80. The number of para-hydroxylation sites is 1. The standard InChI is InChI=1S/C21H24N2O3S/c1-14(2)23-20(25)18-9-4-5-10-19(18)22-21(23)27-13-16(24)12-26-17-8-6-7-15(3)11-17/h4-11,14,16,24H,12-13H2,1-3H3/t16-/m0/s1. The fourth-order valence-corrected chi connectivity index (χ4v) is 3.83. The van der Waals surface area contributed by atoms with E-state index < -0.39 is 6.10 Å². The van der Waals surface area contributed by atoms with E-state index in [1.54, 1.807) is 10.6 Å². The molecule has 3 rings (SSSR count). The molecule has 0 aliphatic rings. The van der Waals surface area contributed by atoms with Crippen LogP contribution in [0.1, 0.15) is 25.5 Å². The number of aryl methyl sites for hydroxylation is 1. The molecule has 5 nitrogen and oxygen atoms in total. The van der Waals surface area contributed by atoms with E-state index in [-0.39, 0.29) is 18.2 Å². The Labute approximate surface area is 163 Å². The van der Waals surface area contributed by atoms with E-state index >= 15 is 0 Å². The molecule has 0 aliphatic heterocycles. The van der Waals surface area contributed by atoms with Crippen LogP contribution in [0.3, 0.4) is 0 Å². The molecule has 1 atom stereocenters. The van der Waals surface area contributed by atoms with Crippen LogP contribution in [0.15, 0.2) is 58.5 Å². The van der Waals surface area contributed by atoms with Crippen molar-refractivity contribution in [3.8, 4) is 5.75 Å². The Morgan fingerprint density at radius 2 is 1.96 bits per heavy atom. The second-order valence-electron chi connectivity index (χ2n) is 6.77. The number of nitrogens with zero attached hydrogens (tertiary/aromatic N) is 2. The van der Waals surface area contributed by atoms with Gasteiger partial charge in [-0.15, -0.1) is 0 Å². The predicted molar refractivity (Wildman–Crippen MR) is 110 cm³/mol. The number of aliphatic hydroxyl groups excluding tert-OH is 1. The van der Waals surface area contributed by atoms with Crippen LogP contribution in [0, 0.1) is 6.92 Å². The normalized spacial score (nSPS) is 12.5. The monoisotopic (exact) mass is 384 g/mol. The Hall–Kier alpha value is -2.31. The minimum absolute atomic E-state index is 0.0159. The Balaban J connectivity index is 1.72. The van der Waals surface area contributed by atoms with Gasteiger partial charge in [-0.2, -0.15) is 0 Å². The first kappa shape index (κ1) is 19.5. The van der Waals surface area contributed by atoms with Crippen LogP contribution in [-0.4, -0.2) is 33.1 Å². The molecule has 0 unspecified atom stereocenters. The van der Waals surface area contributed by atoms with Crippen LogP contribution in [0.4, 0.5) is 0 Å². The average Bonchev–Trinajstić information content (AvgIpc) is 2.64. The van der Waals surface area contributed by atoms with Crippen molar-refractivity contribution in [2.24, 2.45) is 0 Å². The first-order valence-electron chi connectivity index (χ1n) is 8.97. The highest BCUT2D eigenvalue weighted by molar-refractivity contribution is 7.99. The molecular weight excluding hydrogens is 360 g/mol. The maximum absolute atomic E-state index is 12.8. The van der Waals surface area contributed by atoms with Gasteiger partial charge in [-0.05, 0) is 50.6 Å². The molecule has 0 amide bonds. The summed E-state index contributed by atoms with van der Waals surface area (Å²) in [6.45, 7) is 6.10. The average molecular weight is 385 g/mol. The predicted octanol–water partition coefficient (Wildman–Crippen LogP) is 3.82. The van der Waals surface area contributed by atoms with Crippen molar-refractivity contribution in [1.82, 2.24) is 9.55 Å². The summed E-state index contributed by atoms with van der Waals surface area (Å²) in [6.07, 6.45) is -0.667. The molecule has 0 saturated heterocycles. The fraction of sp³-hybridized carbons (Fsp3) is 0.333. The van der Waals surface area contributed by atoms with Crippen molar-refractivity contribution in [2.45, 2.75) is 38.1 Å². The van der Waals surface area contributed by atoms with Crippen molar-refractivity contribution < 1.29 is 9.84 Å². The second kappa shape index (κ2) is 8.59. The molecule has 0 radical (unpaired) electrons. The van der Waals surface area contributed by atoms with Crippen LogP contribution in [0.25, 0.3) is 10.9 Å². The van der Waals surface area contributed by atoms with Gasteiger partial charge in [0.25, 0.3) is 5.56 Å². The van der Waals surface area contributed by atoms with Crippen LogP contribution >= 0.6 is 11.8 Å². The quantitative estimate of drug-likeness (QED) is 0.496. The lowest BCUT2D eigenvalue weighted by Crippen LogP contribution is -2.26. The summed E-state index contributed by atoms with van der Waals surface area (Å²) in [5.41, 5.74) is 1.73.